The third-order valence-corrected chi connectivity index (χ3v) is 3.80. The molecule has 0 radical (unpaired) electrons. The van der Waals surface area contributed by atoms with Gasteiger partial charge >= 0.3 is 0 Å². The number of nitrogens with zero attached hydrogens (tertiary/aromatic N) is 4. The molecule has 1 heterocycles. The molecule has 128 valence electrons. The number of nitrogens with one attached hydrogen (secondary N) is 1. The number of carbonyl (C=O) groups is 1. The van der Waals surface area contributed by atoms with Crippen LogP contribution in [-0.4, -0.2) is 32.7 Å². The predicted octanol–water partition coefficient (Wildman–Crippen LogP) is 2.95. The molecule has 0 unspecified atom stereocenters. The van der Waals surface area contributed by atoms with Crippen molar-refractivity contribution in [3.63, 3.8) is 0 Å². The Morgan fingerprint density at radius 3 is 2.84 bits per heavy atom. The highest BCUT2D eigenvalue weighted by Crippen LogP contribution is 2.27. The lowest BCUT2D eigenvalue weighted by Gasteiger charge is -2.12. The Morgan fingerprint density at radius 1 is 1.28 bits per heavy atom. The lowest BCUT2D eigenvalue weighted by Crippen LogP contribution is -2.21. The first-order valence-electron chi connectivity index (χ1n) is 7.56. The zero-order valence-electron chi connectivity index (χ0n) is 13.7. The third-order valence-electron chi connectivity index (χ3n) is 3.50. The smallest absolute Gasteiger partial charge is 0.262 e. The zero-order valence-corrected chi connectivity index (χ0v) is 14.5. The lowest BCUT2D eigenvalue weighted by atomic mass is 10.1. The number of ether oxygens (including phenoxy) is 1. The van der Waals surface area contributed by atoms with E-state index in [1.165, 1.54) is 11.0 Å². The molecule has 3 aromatic rings. The summed E-state index contributed by atoms with van der Waals surface area (Å²) < 4.78 is 7.05. The summed E-state index contributed by atoms with van der Waals surface area (Å²) in [5.74, 6) is 0.247. The molecule has 0 spiro atoms. The summed E-state index contributed by atoms with van der Waals surface area (Å²) in [4.78, 5) is 12.2. The van der Waals surface area contributed by atoms with E-state index in [-0.39, 0.29) is 12.5 Å². The molecule has 25 heavy (non-hydrogen) atoms. The number of tetrazole rings is 1. The van der Waals surface area contributed by atoms with Crippen molar-refractivity contribution in [1.29, 1.82) is 0 Å². The fourth-order valence-corrected chi connectivity index (χ4v) is 2.76. The van der Waals surface area contributed by atoms with Gasteiger partial charge < -0.3 is 10.1 Å². The van der Waals surface area contributed by atoms with Crippen molar-refractivity contribution in [2.24, 2.45) is 0 Å². The van der Waals surface area contributed by atoms with Crippen LogP contribution in [0.5, 0.6) is 5.75 Å². The van der Waals surface area contributed by atoms with E-state index in [0.29, 0.717) is 16.5 Å². The van der Waals surface area contributed by atoms with Crippen molar-refractivity contribution in [2.45, 2.75) is 13.8 Å². The van der Waals surface area contributed by atoms with Crippen LogP contribution in [0.4, 0.5) is 5.69 Å². The van der Waals surface area contributed by atoms with Crippen molar-refractivity contribution < 1.29 is 9.53 Å². The first-order chi connectivity index (χ1) is 12.0. The summed E-state index contributed by atoms with van der Waals surface area (Å²) in [6.07, 6.45) is 1.48. The summed E-state index contributed by atoms with van der Waals surface area (Å²) in [5, 5.41) is 14.3. The Balaban J connectivity index is 1.64. The first kappa shape index (κ1) is 16.9. The van der Waals surface area contributed by atoms with Crippen LogP contribution >= 0.6 is 11.6 Å². The van der Waals surface area contributed by atoms with Gasteiger partial charge in [-0.25, -0.2) is 4.68 Å². The molecule has 2 aromatic carbocycles. The van der Waals surface area contributed by atoms with E-state index >= 15 is 0 Å². The second-order valence-electron chi connectivity index (χ2n) is 5.53. The van der Waals surface area contributed by atoms with Gasteiger partial charge in [0.1, 0.15) is 12.1 Å². The molecular formula is C17H16ClN5O2. The average Bonchev–Trinajstić information content (AvgIpc) is 3.11. The van der Waals surface area contributed by atoms with Gasteiger partial charge in [-0.1, -0.05) is 23.7 Å². The molecule has 0 bridgehead atoms. The second kappa shape index (κ2) is 7.31. The molecule has 0 saturated carbocycles. The number of hydrogen-bond acceptors (Lipinski definition) is 5. The van der Waals surface area contributed by atoms with Crippen LogP contribution < -0.4 is 10.1 Å². The minimum Gasteiger partial charge on any atom is -0.484 e. The summed E-state index contributed by atoms with van der Waals surface area (Å²) in [5.41, 5.74) is 3.28. The molecule has 0 atom stereocenters. The molecule has 1 N–H and O–H groups in total. The number of carbonyl (C=O) groups excluding carboxylic acids is 1. The summed E-state index contributed by atoms with van der Waals surface area (Å²) in [6.45, 7) is 3.71. The monoisotopic (exact) mass is 357 g/mol. The molecule has 0 fully saturated rings. The van der Waals surface area contributed by atoms with Crippen LogP contribution in [0.15, 0.2) is 42.7 Å². The van der Waals surface area contributed by atoms with Gasteiger partial charge in [0.25, 0.3) is 5.91 Å². The standard InChI is InChI=1S/C17H16ClN5O2/c1-11-6-12(2)17(15(18)7-11)20-16(24)9-25-14-5-3-4-13(8-14)23-10-19-21-22-23/h3-8,10H,9H2,1-2H3,(H,20,24). The number of hydrogen-bond donors (Lipinski definition) is 1. The van der Waals surface area contributed by atoms with Crippen molar-refractivity contribution in [3.8, 4) is 11.4 Å². The number of anilines is 1. The van der Waals surface area contributed by atoms with E-state index < -0.39 is 0 Å². The van der Waals surface area contributed by atoms with Gasteiger partial charge in [0.15, 0.2) is 6.61 Å². The van der Waals surface area contributed by atoms with E-state index in [1.54, 1.807) is 24.3 Å². The normalized spacial score (nSPS) is 10.5. The number of aryl methyl sites for hydroxylation is 2. The second-order valence-corrected chi connectivity index (χ2v) is 5.93. The molecule has 3 rings (SSSR count). The van der Waals surface area contributed by atoms with E-state index in [1.807, 2.05) is 26.0 Å². The molecule has 1 amide bonds. The Bertz CT molecular complexity index is 873. The van der Waals surface area contributed by atoms with Crippen molar-refractivity contribution in [1.82, 2.24) is 20.2 Å². The minimum atomic E-state index is -0.290. The van der Waals surface area contributed by atoms with Gasteiger partial charge in [0, 0.05) is 6.07 Å². The highest BCUT2D eigenvalue weighted by Gasteiger charge is 2.10. The Labute approximate surface area is 149 Å². The maximum atomic E-state index is 12.2. The topological polar surface area (TPSA) is 81.9 Å². The fraction of sp³-hybridized carbons (Fsp3) is 0.176. The minimum absolute atomic E-state index is 0.136. The summed E-state index contributed by atoms with van der Waals surface area (Å²) in [7, 11) is 0. The first-order valence-corrected chi connectivity index (χ1v) is 7.93. The fourth-order valence-electron chi connectivity index (χ4n) is 2.39. The number of aromatic nitrogens is 4. The van der Waals surface area contributed by atoms with Crippen LogP contribution in [0.1, 0.15) is 11.1 Å². The Morgan fingerprint density at radius 2 is 2.12 bits per heavy atom. The van der Waals surface area contributed by atoms with E-state index in [9.17, 15) is 4.79 Å². The SMILES string of the molecule is Cc1cc(C)c(NC(=O)COc2cccc(-n3cnnn3)c2)c(Cl)c1. The average molecular weight is 358 g/mol. The van der Waals surface area contributed by atoms with Crippen LogP contribution in [-0.2, 0) is 4.79 Å². The van der Waals surface area contributed by atoms with Crippen LogP contribution in [0, 0.1) is 13.8 Å². The van der Waals surface area contributed by atoms with Gasteiger partial charge in [0.2, 0.25) is 0 Å². The van der Waals surface area contributed by atoms with Crippen LogP contribution in [0.3, 0.4) is 0 Å². The summed E-state index contributed by atoms with van der Waals surface area (Å²) in [6, 6.07) is 10.9. The quantitative estimate of drug-likeness (QED) is 0.759. The van der Waals surface area contributed by atoms with E-state index in [0.717, 1.165) is 16.8 Å². The van der Waals surface area contributed by atoms with E-state index in [2.05, 4.69) is 20.8 Å². The molecule has 1 aromatic heterocycles. The molecule has 0 aliphatic rings. The van der Waals surface area contributed by atoms with Crippen molar-refractivity contribution in [3.05, 3.63) is 58.9 Å². The molecule has 0 aliphatic heterocycles. The highest BCUT2D eigenvalue weighted by atomic mass is 35.5. The molecule has 0 aliphatic carbocycles. The predicted molar refractivity (Wildman–Crippen MR) is 94.2 cm³/mol. The maximum absolute atomic E-state index is 12.2. The Kier molecular flexibility index (Phi) is 4.95. The van der Waals surface area contributed by atoms with Crippen LogP contribution in [0.25, 0.3) is 5.69 Å². The van der Waals surface area contributed by atoms with Gasteiger partial charge in [-0.3, -0.25) is 4.79 Å². The van der Waals surface area contributed by atoms with Crippen molar-refractivity contribution in [2.75, 3.05) is 11.9 Å². The highest BCUT2D eigenvalue weighted by molar-refractivity contribution is 6.34. The number of rotatable bonds is 5. The third kappa shape index (κ3) is 4.13. The number of halogens is 1. The molecule has 7 nitrogen and oxygen atoms in total. The zero-order chi connectivity index (χ0) is 17.8. The van der Waals surface area contributed by atoms with Gasteiger partial charge in [-0.15, -0.1) is 5.10 Å². The van der Waals surface area contributed by atoms with Crippen molar-refractivity contribution >= 4 is 23.2 Å². The molecule has 0 saturated heterocycles. The lowest BCUT2D eigenvalue weighted by molar-refractivity contribution is -0.118. The Hall–Kier alpha value is -2.93. The molecular weight excluding hydrogens is 342 g/mol. The van der Waals surface area contributed by atoms with Crippen LogP contribution in [0.2, 0.25) is 5.02 Å². The van der Waals surface area contributed by atoms with Gasteiger partial charge in [-0.2, -0.15) is 0 Å². The van der Waals surface area contributed by atoms with Gasteiger partial charge in [0.05, 0.1) is 16.4 Å². The van der Waals surface area contributed by atoms with E-state index in [4.69, 9.17) is 16.3 Å². The largest absolute Gasteiger partial charge is 0.484 e. The molecule has 8 heteroatoms. The number of benzene rings is 2. The maximum Gasteiger partial charge on any atom is 0.262 e. The number of amides is 1. The summed E-state index contributed by atoms with van der Waals surface area (Å²) >= 11 is 6.20. The van der Waals surface area contributed by atoms with Gasteiger partial charge in [-0.05, 0) is 53.6 Å².